The van der Waals surface area contributed by atoms with E-state index in [0.717, 1.165) is 26.2 Å². The first-order valence-corrected chi connectivity index (χ1v) is 5.78. The average Bonchev–Trinajstić information content (AvgIpc) is 2.78. The Morgan fingerprint density at radius 3 is 3.18 bits per heavy atom. The summed E-state index contributed by atoms with van der Waals surface area (Å²) < 4.78 is 7.42. The van der Waals surface area contributed by atoms with Crippen molar-refractivity contribution in [2.45, 2.75) is 19.6 Å². The first kappa shape index (κ1) is 12.1. The number of hydrogen-bond acceptors (Lipinski definition) is 4. The van der Waals surface area contributed by atoms with Crippen LogP contribution in [0.2, 0.25) is 0 Å². The molecule has 1 unspecified atom stereocenters. The highest BCUT2D eigenvalue weighted by Gasteiger charge is 2.20. The van der Waals surface area contributed by atoms with E-state index >= 15 is 0 Å². The molecule has 0 radical (unpaired) electrons. The smallest absolute Gasteiger partial charge is 0.356 e. The van der Waals surface area contributed by atoms with Gasteiger partial charge in [0.1, 0.15) is 0 Å². The molecule has 2 rings (SSSR count). The molecular weight excluding hydrogens is 222 g/mol. The van der Waals surface area contributed by atoms with Crippen LogP contribution in [0.15, 0.2) is 12.5 Å². The Morgan fingerprint density at radius 1 is 1.71 bits per heavy atom. The summed E-state index contributed by atoms with van der Waals surface area (Å²) in [4.78, 5) is 16.8. The van der Waals surface area contributed by atoms with Gasteiger partial charge < -0.3 is 14.4 Å². The van der Waals surface area contributed by atoms with Gasteiger partial charge in [-0.2, -0.15) is 0 Å². The van der Waals surface area contributed by atoms with Crippen LogP contribution < -0.4 is 0 Å². The summed E-state index contributed by atoms with van der Waals surface area (Å²) in [5.74, 6) is -0.997. The predicted molar refractivity (Wildman–Crippen MR) is 61.0 cm³/mol. The monoisotopic (exact) mass is 239 g/mol. The lowest BCUT2D eigenvalue weighted by atomic mass is 10.2. The van der Waals surface area contributed by atoms with E-state index in [2.05, 4.69) is 16.8 Å². The molecule has 0 aromatic carbocycles. The molecule has 1 fully saturated rings. The summed E-state index contributed by atoms with van der Waals surface area (Å²) in [5.41, 5.74) is 0.0770. The summed E-state index contributed by atoms with van der Waals surface area (Å²) >= 11 is 0. The van der Waals surface area contributed by atoms with Gasteiger partial charge in [-0.3, -0.25) is 4.90 Å². The number of imidazole rings is 1. The minimum Gasteiger partial charge on any atom is -0.476 e. The molecule has 1 aromatic heterocycles. The normalized spacial score (nSPS) is 21.6. The number of ether oxygens (including phenoxy) is 1. The number of morpholine rings is 1. The summed E-state index contributed by atoms with van der Waals surface area (Å²) in [6, 6.07) is 0. The number of likely N-dealkylation sites (N-methyl/N-ethyl adjacent to an activating group) is 1. The topological polar surface area (TPSA) is 67.6 Å². The van der Waals surface area contributed by atoms with Gasteiger partial charge in [-0.1, -0.05) is 6.92 Å². The van der Waals surface area contributed by atoms with E-state index in [-0.39, 0.29) is 11.8 Å². The third-order valence-corrected chi connectivity index (χ3v) is 2.94. The molecule has 0 saturated carbocycles. The summed E-state index contributed by atoms with van der Waals surface area (Å²) in [5, 5.41) is 8.77. The maximum atomic E-state index is 10.7. The van der Waals surface area contributed by atoms with Crippen molar-refractivity contribution in [2.24, 2.45) is 0 Å². The van der Waals surface area contributed by atoms with Crippen LogP contribution in [0.25, 0.3) is 0 Å². The molecule has 2 heterocycles. The second kappa shape index (κ2) is 5.29. The highest BCUT2D eigenvalue weighted by Crippen LogP contribution is 2.08. The third-order valence-electron chi connectivity index (χ3n) is 2.94. The van der Waals surface area contributed by atoms with Gasteiger partial charge in [-0.15, -0.1) is 0 Å². The van der Waals surface area contributed by atoms with E-state index in [9.17, 15) is 4.79 Å². The molecule has 6 heteroatoms. The molecular formula is C11H17N3O3. The predicted octanol–water partition coefficient (Wildman–Crippen LogP) is 0.302. The van der Waals surface area contributed by atoms with Crippen LogP contribution >= 0.6 is 0 Å². The highest BCUT2D eigenvalue weighted by atomic mass is 16.5. The van der Waals surface area contributed by atoms with E-state index in [1.807, 2.05) is 0 Å². The second-order valence-corrected chi connectivity index (χ2v) is 4.15. The van der Waals surface area contributed by atoms with Crippen LogP contribution in [-0.4, -0.2) is 57.9 Å². The van der Waals surface area contributed by atoms with Crippen LogP contribution in [0.4, 0.5) is 0 Å². The van der Waals surface area contributed by atoms with Crippen LogP contribution in [0.1, 0.15) is 17.4 Å². The Hall–Kier alpha value is -1.40. The molecule has 1 aromatic rings. The van der Waals surface area contributed by atoms with Crippen LogP contribution in [0, 0.1) is 0 Å². The van der Waals surface area contributed by atoms with Gasteiger partial charge in [0, 0.05) is 19.3 Å². The molecule has 1 N–H and O–H groups in total. The molecule has 0 spiro atoms. The standard InChI is InChI=1S/C11H17N3O3/c1-2-13-3-4-17-9(5-13)6-14-7-10(11(15)16)12-8-14/h7-9H,2-6H2,1H3,(H,15,16). The first-order valence-electron chi connectivity index (χ1n) is 5.78. The molecule has 17 heavy (non-hydrogen) atoms. The third kappa shape index (κ3) is 3.04. The van der Waals surface area contributed by atoms with Crippen molar-refractivity contribution in [3.63, 3.8) is 0 Å². The van der Waals surface area contributed by atoms with Gasteiger partial charge in [-0.25, -0.2) is 9.78 Å². The van der Waals surface area contributed by atoms with Crippen molar-refractivity contribution >= 4 is 5.97 Å². The molecule has 94 valence electrons. The van der Waals surface area contributed by atoms with Crippen LogP contribution in [-0.2, 0) is 11.3 Å². The Morgan fingerprint density at radius 2 is 2.53 bits per heavy atom. The highest BCUT2D eigenvalue weighted by molar-refractivity contribution is 5.84. The van der Waals surface area contributed by atoms with Gasteiger partial charge >= 0.3 is 5.97 Å². The van der Waals surface area contributed by atoms with E-state index < -0.39 is 5.97 Å². The van der Waals surface area contributed by atoms with E-state index in [4.69, 9.17) is 9.84 Å². The number of hydrogen-bond donors (Lipinski definition) is 1. The zero-order valence-electron chi connectivity index (χ0n) is 9.87. The fraction of sp³-hybridized carbons (Fsp3) is 0.636. The number of aromatic carboxylic acids is 1. The van der Waals surface area contributed by atoms with E-state index in [1.54, 1.807) is 4.57 Å². The van der Waals surface area contributed by atoms with Gasteiger partial charge in [0.05, 0.1) is 25.6 Å². The molecule has 1 atom stereocenters. The van der Waals surface area contributed by atoms with Crippen molar-refractivity contribution in [3.8, 4) is 0 Å². The minimum absolute atomic E-state index is 0.0770. The zero-order chi connectivity index (χ0) is 12.3. The molecule has 0 aliphatic carbocycles. The lowest BCUT2D eigenvalue weighted by molar-refractivity contribution is -0.0343. The SMILES string of the molecule is CCN1CCOC(Cn2cnc(C(=O)O)c2)C1. The molecule has 1 saturated heterocycles. The number of carboxylic acids is 1. The average molecular weight is 239 g/mol. The Kier molecular flexibility index (Phi) is 3.75. The molecule has 0 bridgehead atoms. The number of aromatic nitrogens is 2. The van der Waals surface area contributed by atoms with Crippen molar-refractivity contribution in [1.82, 2.24) is 14.5 Å². The lowest BCUT2D eigenvalue weighted by Crippen LogP contribution is -2.43. The summed E-state index contributed by atoms with van der Waals surface area (Å²) in [6.07, 6.45) is 3.19. The van der Waals surface area contributed by atoms with E-state index in [1.165, 1.54) is 12.5 Å². The fourth-order valence-corrected chi connectivity index (χ4v) is 1.98. The van der Waals surface area contributed by atoms with Crippen molar-refractivity contribution in [3.05, 3.63) is 18.2 Å². The quantitative estimate of drug-likeness (QED) is 0.818. The maximum Gasteiger partial charge on any atom is 0.356 e. The largest absolute Gasteiger partial charge is 0.476 e. The number of carboxylic acid groups (broad SMARTS) is 1. The fourth-order valence-electron chi connectivity index (χ4n) is 1.98. The van der Waals surface area contributed by atoms with Gasteiger partial charge in [0.15, 0.2) is 5.69 Å². The minimum atomic E-state index is -0.997. The second-order valence-electron chi connectivity index (χ2n) is 4.15. The molecule has 1 aliphatic rings. The van der Waals surface area contributed by atoms with Crippen molar-refractivity contribution in [2.75, 3.05) is 26.2 Å². The van der Waals surface area contributed by atoms with Gasteiger partial charge in [-0.05, 0) is 6.54 Å². The number of rotatable bonds is 4. The molecule has 1 aliphatic heterocycles. The Balaban J connectivity index is 1.93. The van der Waals surface area contributed by atoms with Crippen molar-refractivity contribution < 1.29 is 14.6 Å². The summed E-state index contributed by atoms with van der Waals surface area (Å²) in [6.45, 7) is 6.39. The lowest BCUT2D eigenvalue weighted by Gasteiger charge is -2.32. The van der Waals surface area contributed by atoms with Gasteiger partial charge in [0.25, 0.3) is 0 Å². The van der Waals surface area contributed by atoms with Crippen molar-refractivity contribution in [1.29, 1.82) is 0 Å². The van der Waals surface area contributed by atoms with Crippen LogP contribution in [0.5, 0.6) is 0 Å². The Bertz CT molecular complexity index is 391. The maximum absolute atomic E-state index is 10.7. The van der Waals surface area contributed by atoms with Crippen LogP contribution in [0.3, 0.4) is 0 Å². The van der Waals surface area contributed by atoms with E-state index in [0.29, 0.717) is 6.54 Å². The number of nitrogens with zero attached hydrogens (tertiary/aromatic N) is 3. The van der Waals surface area contributed by atoms with Gasteiger partial charge in [0.2, 0.25) is 0 Å². The summed E-state index contributed by atoms with van der Waals surface area (Å²) in [7, 11) is 0. The molecule has 6 nitrogen and oxygen atoms in total. The molecule has 0 amide bonds. The number of carbonyl (C=O) groups is 1. The zero-order valence-corrected chi connectivity index (χ0v) is 9.87. The Labute approximate surface area is 99.8 Å². The first-order chi connectivity index (χ1) is 8.19.